The Hall–Kier alpha value is -0.820. The minimum Gasteiger partial charge on any atom is -0.392 e. The van der Waals surface area contributed by atoms with Crippen molar-refractivity contribution in [3.8, 4) is 0 Å². The molecule has 0 fully saturated rings. The second-order valence-corrected chi connectivity index (χ2v) is 5.41. The molecule has 0 atom stereocenters. The van der Waals surface area contributed by atoms with Gasteiger partial charge in [-0.15, -0.1) is 0 Å². The molecular weight excluding hydrogens is 196 g/mol. The van der Waals surface area contributed by atoms with Gasteiger partial charge >= 0.3 is 0 Å². The van der Waals surface area contributed by atoms with Crippen LogP contribution in [0.15, 0.2) is 35.5 Å². The first-order valence-electron chi connectivity index (χ1n) is 6.15. The van der Waals surface area contributed by atoms with Gasteiger partial charge in [-0.2, -0.15) is 0 Å². The summed E-state index contributed by atoms with van der Waals surface area (Å²) in [5.41, 5.74) is 2.82. The number of aliphatic hydroxyl groups is 1. The lowest BCUT2D eigenvalue weighted by Gasteiger charge is -2.18. The molecule has 1 nitrogen and oxygen atoms in total. The van der Waals surface area contributed by atoms with E-state index in [4.69, 9.17) is 0 Å². The van der Waals surface area contributed by atoms with Crippen molar-refractivity contribution in [1.82, 2.24) is 0 Å². The fraction of sp³-hybridized carbons (Fsp3) is 0.600. The standard InChI is InChI=1S/C15H24O/c1-13-6-4-7-14(12-16)8-5-10-15(2,3)11-9-13/h5,7,9-10,16H,4,6,8,11-12H2,1-3H3/b10-5+,13-9+,14-7-. The molecule has 1 heteroatoms. The Morgan fingerprint density at radius 2 is 2.06 bits per heavy atom. The molecule has 0 aromatic rings. The van der Waals surface area contributed by atoms with Gasteiger partial charge in [0, 0.05) is 0 Å². The van der Waals surface area contributed by atoms with E-state index in [0.717, 1.165) is 31.3 Å². The summed E-state index contributed by atoms with van der Waals surface area (Å²) in [7, 11) is 0. The Labute approximate surface area is 99.6 Å². The molecular formula is C15H24O. The summed E-state index contributed by atoms with van der Waals surface area (Å²) >= 11 is 0. The van der Waals surface area contributed by atoms with Gasteiger partial charge in [-0.1, -0.05) is 43.7 Å². The van der Waals surface area contributed by atoms with Gasteiger partial charge in [-0.25, -0.2) is 0 Å². The Kier molecular flexibility index (Phi) is 5.01. The number of aliphatic hydroxyl groups excluding tert-OH is 1. The summed E-state index contributed by atoms with van der Waals surface area (Å²) in [5.74, 6) is 0. The first-order chi connectivity index (χ1) is 7.53. The molecule has 90 valence electrons. The molecule has 1 rings (SSSR count). The van der Waals surface area contributed by atoms with Crippen molar-refractivity contribution in [2.45, 2.75) is 46.5 Å². The first kappa shape index (κ1) is 13.2. The predicted octanol–water partition coefficient (Wildman–Crippen LogP) is 4.01. The van der Waals surface area contributed by atoms with Gasteiger partial charge in [0.15, 0.2) is 0 Å². The Morgan fingerprint density at radius 3 is 2.75 bits per heavy atom. The van der Waals surface area contributed by atoms with Crippen molar-refractivity contribution >= 4 is 0 Å². The number of allylic oxidation sites excluding steroid dienone is 5. The van der Waals surface area contributed by atoms with E-state index in [1.54, 1.807) is 0 Å². The monoisotopic (exact) mass is 220 g/mol. The molecule has 0 aliphatic heterocycles. The third-order valence-electron chi connectivity index (χ3n) is 3.10. The minimum atomic E-state index is 0.188. The second-order valence-electron chi connectivity index (χ2n) is 5.41. The topological polar surface area (TPSA) is 20.2 Å². The molecule has 0 amide bonds. The van der Waals surface area contributed by atoms with Crippen LogP contribution in [0.3, 0.4) is 0 Å². The Bertz CT molecular complexity index is 305. The fourth-order valence-corrected chi connectivity index (χ4v) is 1.85. The lowest BCUT2D eigenvalue weighted by Crippen LogP contribution is -2.05. The highest BCUT2D eigenvalue weighted by atomic mass is 16.3. The molecule has 1 aliphatic rings. The maximum Gasteiger partial charge on any atom is 0.0644 e. The smallest absolute Gasteiger partial charge is 0.0644 e. The van der Waals surface area contributed by atoms with Crippen LogP contribution in [-0.2, 0) is 0 Å². The van der Waals surface area contributed by atoms with E-state index >= 15 is 0 Å². The molecule has 0 spiro atoms. The van der Waals surface area contributed by atoms with Gasteiger partial charge in [-0.05, 0) is 43.6 Å². The van der Waals surface area contributed by atoms with Gasteiger partial charge < -0.3 is 5.11 Å². The van der Waals surface area contributed by atoms with Crippen molar-refractivity contribution in [3.63, 3.8) is 0 Å². The van der Waals surface area contributed by atoms with E-state index in [1.165, 1.54) is 5.57 Å². The van der Waals surface area contributed by atoms with Crippen LogP contribution in [0.1, 0.15) is 46.5 Å². The van der Waals surface area contributed by atoms with Crippen LogP contribution in [0.5, 0.6) is 0 Å². The average molecular weight is 220 g/mol. The van der Waals surface area contributed by atoms with E-state index < -0.39 is 0 Å². The zero-order valence-corrected chi connectivity index (χ0v) is 10.8. The molecule has 0 bridgehead atoms. The molecule has 0 radical (unpaired) electrons. The second kappa shape index (κ2) is 6.05. The summed E-state index contributed by atoms with van der Waals surface area (Å²) < 4.78 is 0. The summed E-state index contributed by atoms with van der Waals surface area (Å²) in [5, 5.41) is 9.22. The molecule has 16 heavy (non-hydrogen) atoms. The molecule has 0 saturated carbocycles. The van der Waals surface area contributed by atoms with Gasteiger partial charge in [0.25, 0.3) is 0 Å². The summed E-state index contributed by atoms with van der Waals surface area (Å²) in [6, 6.07) is 0. The van der Waals surface area contributed by atoms with Crippen LogP contribution in [0.25, 0.3) is 0 Å². The van der Waals surface area contributed by atoms with Gasteiger partial charge in [0.2, 0.25) is 0 Å². The van der Waals surface area contributed by atoms with E-state index in [9.17, 15) is 5.11 Å². The van der Waals surface area contributed by atoms with E-state index in [2.05, 4.69) is 45.1 Å². The number of hydrogen-bond donors (Lipinski definition) is 1. The van der Waals surface area contributed by atoms with Gasteiger partial charge in [0.1, 0.15) is 0 Å². The fourth-order valence-electron chi connectivity index (χ4n) is 1.85. The van der Waals surface area contributed by atoms with Crippen LogP contribution in [0.4, 0.5) is 0 Å². The predicted molar refractivity (Wildman–Crippen MR) is 70.3 cm³/mol. The highest BCUT2D eigenvalue weighted by molar-refractivity contribution is 5.13. The third-order valence-corrected chi connectivity index (χ3v) is 3.10. The van der Waals surface area contributed by atoms with E-state index in [1.807, 2.05) is 0 Å². The molecule has 0 unspecified atom stereocenters. The average Bonchev–Trinajstić information content (AvgIpc) is 2.26. The summed E-state index contributed by atoms with van der Waals surface area (Å²) in [6.45, 7) is 6.90. The molecule has 1 aliphatic carbocycles. The zero-order valence-electron chi connectivity index (χ0n) is 10.8. The third kappa shape index (κ3) is 4.80. The molecule has 0 saturated heterocycles. The first-order valence-corrected chi connectivity index (χ1v) is 6.15. The zero-order chi connectivity index (χ0) is 12.0. The highest BCUT2D eigenvalue weighted by Gasteiger charge is 2.12. The lowest BCUT2D eigenvalue weighted by molar-refractivity contribution is 0.328. The van der Waals surface area contributed by atoms with Crippen LogP contribution in [0.2, 0.25) is 0 Å². The number of rotatable bonds is 1. The SMILES string of the molecule is C/C1=C\CC(C)(C)/C=C/C/C(CO)=C/CC1. The molecule has 0 aromatic heterocycles. The van der Waals surface area contributed by atoms with Crippen LogP contribution >= 0.6 is 0 Å². The minimum absolute atomic E-state index is 0.188. The van der Waals surface area contributed by atoms with Crippen molar-refractivity contribution < 1.29 is 5.11 Å². The van der Waals surface area contributed by atoms with E-state index in [0.29, 0.717) is 0 Å². The van der Waals surface area contributed by atoms with E-state index in [-0.39, 0.29) is 12.0 Å². The normalized spacial score (nSPS) is 30.5. The molecule has 0 aromatic carbocycles. The van der Waals surface area contributed by atoms with Crippen molar-refractivity contribution in [2.75, 3.05) is 6.61 Å². The van der Waals surface area contributed by atoms with Gasteiger partial charge in [0.05, 0.1) is 6.61 Å². The van der Waals surface area contributed by atoms with Crippen molar-refractivity contribution in [3.05, 3.63) is 35.5 Å². The van der Waals surface area contributed by atoms with Crippen molar-refractivity contribution in [2.24, 2.45) is 5.41 Å². The molecule has 0 heterocycles. The summed E-state index contributed by atoms with van der Waals surface area (Å²) in [4.78, 5) is 0. The largest absolute Gasteiger partial charge is 0.392 e. The van der Waals surface area contributed by atoms with Crippen molar-refractivity contribution in [1.29, 1.82) is 0 Å². The number of hydrogen-bond acceptors (Lipinski definition) is 1. The lowest BCUT2D eigenvalue weighted by atomic mass is 9.87. The van der Waals surface area contributed by atoms with Crippen LogP contribution in [-0.4, -0.2) is 11.7 Å². The van der Waals surface area contributed by atoms with Crippen LogP contribution < -0.4 is 0 Å². The maximum atomic E-state index is 9.22. The maximum absolute atomic E-state index is 9.22. The Morgan fingerprint density at radius 1 is 1.31 bits per heavy atom. The Balaban J connectivity index is 2.81. The van der Waals surface area contributed by atoms with Gasteiger partial charge in [-0.3, -0.25) is 0 Å². The quantitative estimate of drug-likeness (QED) is 0.662. The molecule has 1 N–H and O–H groups in total. The summed E-state index contributed by atoms with van der Waals surface area (Å²) in [6.07, 6.45) is 13.1. The highest BCUT2D eigenvalue weighted by Crippen LogP contribution is 2.25. The van der Waals surface area contributed by atoms with Crippen LogP contribution in [0, 0.1) is 5.41 Å².